The van der Waals surface area contributed by atoms with E-state index in [1.807, 2.05) is 18.2 Å². The average Bonchev–Trinajstić information content (AvgIpc) is 3.84. The highest BCUT2D eigenvalue weighted by Crippen LogP contribution is 2.68. The van der Waals surface area contributed by atoms with Crippen LogP contribution in [-0.4, -0.2) is 52.2 Å². The second-order valence-corrected chi connectivity index (χ2v) is 14.9. The van der Waals surface area contributed by atoms with E-state index in [4.69, 9.17) is 9.47 Å². The molecule has 250 valence electrons. The zero-order chi connectivity index (χ0) is 34.0. The Hall–Kier alpha value is -4.88. The van der Waals surface area contributed by atoms with Gasteiger partial charge in [0.05, 0.1) is 34.7 Å². The molecular weight excluding hydrogens is 667 g/mol. The molecule has 13 heteroatoms. The highest BCUT2D eigenvalue weighted by atomic mass is 32.2. The number of fused-ring (bicyclic) bond motifs is 9. The minimum Gasteiger partial charge on any atom is -0.508 e. The quantitative estimate of drug-likeness (QED) is 0.131. The number of carbonyl (C=O) groups is 4. The van der Waals surface area contributed by atoms with Crippen molar-refractivity contribution in [3.8, 4) is 11.5 Å². The van der Waals surface area contributed by atoms with Gasteiger partial charge in [0.25, 0.3) is 5.91 Å². The highest BCUT2D eigenvalue weighted by molar-refractivity contribution is 8.00. The molecule has 3 amide bonds. The number of imide groups is 1. The number of thiazole rings is 1. The number of aromatic hydroxyl groups is 1. The zero-order valence-electron chi connectivity index (χ0n) is 26.2. The van der Waals surface area contributed by atoms with E-state index in [0.29, 0.717) is 22.7 Å². The molecule has 2 aliphatic heterocycles. The molecule has 3 aromatic carbocycles. The summed E-state index contributed by atoms with van der Waals surface area (Å²) in [5, 5.41) is 13.0. The molecule has 7 atom stereocenters. The maximum Gasteiger partial charge on any atom is 0.338 e. The van der Waals surface area contributed by atoms with Crippen LogP contribution in [0.2, 0.25) is 0 Å². The summed E-state index contributed by atoms with van der Waals surface area (Å²) in [7, 11) is 0. The van der Waals surface area contributed by atoms with E-state index in [9.17, 15) is 29.1 Å². The lowest BCUT2D eigenvalue weighted by molar-refractivity contribution is -0.123. The van der Waals surface area contributed by atoms with Crippen molar-refractivity contribution < 1.29 is 33.8 Å². The van der Waals surface area contributed by atoms with Crippen LogP contribution in [0, 0.1) is 29.6 Å². The first kappa shape index (κ1) is 31.4. The highest BCUT2D eigenvalue weighted by Gasteiger charge is 2.69. The first-order valence-electron chi connectivity index (χ1n) is 16.1. The molecule has 3 heterocycles. The van der Waals surface area contributed by atoms with Gasteiger partial charge in [-0.15, -0.1) is 11.8 Å². The summed E-state index contributed by atoms with van der Waals surface area (Å²) in [5.74, 6) is -1.96. The van der Waals surface area contributed by atoms with Crippen LogP contribution in [0.4, 0.5) is 11.4 Å². The van der Waals surface area contributed by atoms with Gasteiger partial charge in [0.15, 0.2) is 6.61 Å². The molecule has 3 N–H and O–H groups in total. The Balaban J connectivity index is 1.06. The molecule has 0 spiro atoms. The predicted molar refractivity (Wildman–Crippen MR) is 182 cm³/mol. The summed E-state index contributed by atoms with van der Waals surface area (Å²) < 4.78 is 11.0. The van der Waals surface area contributed by atoms with Gasteiger partial charge in [0, 0.05) is 21.7 Å². The Morgan fingerprint density at radius 3 is 2.45 bits per heavy atom. The van der Waals surface area contributed by atoms with E-state index < -0.39 is 17.8 Å². The smallest absolute Gasteiger partial charge is 0.338 e. The zero-order valence-corrected chi connectivity index (χ0v) is 27.8. The number of H-pyrrole nitrogens is 1. The molecule has 2 aliphatic carbocycles. The number of ether oxygens (including phenoxy) is 2. The molecule has 4 aliphatic rings. The van der Waals surface area contributed by atoms with Crippen molar-refractivity contribution in [1.29, 1.82) is 0 Å². The van der Waals surface area contributed by atoms with Crippen molar-refractivity contribution in [3.05, 3.63) is 98.5 Å². The number of benzene rings is 3. The van der Waals surface area contributed by atoms with Gasteiger partial charge in [-0.3, -0.25) is 24.1 Å². The molecule has 11 nitrogen and oxygen atoms in total. The van der Waals surface area contributed by atoms with Crippen LogP contribution in [0.5, 0.6) is 11.5 Å². The summed E-state index contributed by atoms with van der Waals surface area (Å²) in [6.45, 7) is 1.74. The van der Waals surface area contributed by atoms with Crippen LogP contribution >= 0.6 is 23.1 Å². The van der Waals surface area contributed by atoms with Gasteiger partial charge in [-0.05, 0) is 97.3 Å². The van der Waals surface area contributed by atoms with Crippen LogP contribution in [0.15, 0.2) is 82.6 Å². The lowest BCUT2D eigenvalue weighted by Crippen LogP contribution is -2.42. The van der Waals surface area contributed by atoms with Gasteiger partial charge in [0.1, 0.15) is 11.5 Å². The molecule has 49 heavy (non-hydrogen) atoms. The molecule has 1 saturated heterocycles. The number of hydrogen-bond acceptors (Lipinski definition) is 10. The molecule has 2 bridgehead atoms. The number of nitrogens with one attached hydrogen (secondary N) is 2. The fourth-order valence-electron chi connectivity index (χ4n) is 8.29. The second kappa shape index (κ2) is 12.2. The number of aromatic nitrogens is 1. The average molecular weight is 698 g/mol. The third-order valence-corrected chi connectivity index (χ3v) is 12.7. The topological polar surface area (TPSA) is 155 Å². The fourth-order valence-corrected chi connectivity index (χ4v) is 11.2. The van der Waals surface area contributed by atoms with Crippen molar-refractivity contribution in [2.75, 3.05) is 23.4 Å². The number of thioether (sulfide) groups is 1. The van der Waals surface area contributed by atoms with E-state index >= 15 is 0 Å². The number of amides is 3. The lowest BCUT2D eigenvalue weighted by Gasteiger charge is -2.43. The molecule has 4 aromatic rings. The van der Waals surface area contributed by atoms with E-state index in [1.54, 1.807) is 61.2 Å². The van der Waals surface area contributed by atoms with Crippen molar-refractivity contribution in [3.63, 3.8) is 0 Å². The molecule has 1 aromatic heterocycles. The summed E-state index contributed by atoms with van der Waals surface area (Å²) in [6, 6.07) is 20.0. The van der Waals surface area contributed by atoms with Crippen LogP contribution in [-0.2, 0) is 19.1 Å². The number of rotatable bonds is 8. The molecule has 2 saturated carbocycles. The first-order chi connectivity index (χ1) is 23.7. The summed E-state index contributed by atoms with van der Waals surface area (Å²) in [6.07, 6.45) is 0.744. The van der Waals surface area contributed by atoms with Gasteiger partial charge < -0.3 is 24.9 Å². The number of anilines is 2. The summed E-state index contributed by atoms with van der Waals surface area (Å²) >= 11 is 2.78. The van der Waals surface area contributed by atoms with Gasteiger partial charge in [-0.25, -0.2) is 4.79 Å². The van der Waals surface area contributed by atoms with Crippen LogP contribution < -0.4 is 19.8 Å². The third kappa shape index (κ3) is 5.32. The Morgan fingerprint density at radius 1 is 0.980 bits per heavy atom. The normalized spacial score (nSPS) is 26.2. The Morgan fingerprint density at radius 2 is 1.71 bits per heavy atom. The van der Waals surface area contributed by atoms with E-state index in [0.717, 1.165) is 21.9 Å². The monoisotopic (exact) mass is 697 g/mol. The number of aromatic amines is 1. The number of phenols is 1. The van der Waals surface area contributed by atoms with Crippen molar-refractivity contribution in [1.82, 2.24) is 4.98 Å². The SMILES string of the molecule is CCOC(=O)c1ccc(N2C(=O)[C@H]3[C@H]4C[C@@H]([C@@H]3C2=O)[C@@H]2[C@H](c3cccc(OCC(=O)Nc5ccc(O)cc5)c3)c3sc(=O)[nH]c3S[C@H]42)cc1. The molecular formula is C36H31N3O8S2. The summed E-state index contributed by atoms with van der Waals surface area (Å²) in [4.78, 5) is 70.6. The fraction of sp³-hybridized carbons (Fsp3) is 0.306. The Labute approximate surface area is 288 Å². The summed E-state index contributed by atoms with van der Waals surface area (Å²) in [5.41, 5.74) is 2.23. The maximum atomic E-state index is 14.1. The minimum absolute atomic E-state index is 0.00821. The Bertz CT molecular complexity index is 2040. The third-order valence-electron chi connectivity index (χ3n) is 10.1. The molecule has 8 rings (SSSR count). The van der Waals surface area contributed by atoms with Crippen LogP contribution in [0.1, 0.15) is 40.1 Å². The van der Waals surface area contributed by atoms with Crippen molar-refractivity contribution >= 4 is 58.2 Å². The maximum absolute atomic E-state index is 14.1. The lowest BCUT2D eigenvalue weighted by atomic mass is 9.68. The minimum atomic E-state index is -0.480. The van der Waals surface area contributed by atoms with Gasteiger partial charge in [-0.1, -0.05) is 23.5 Å². The van der Waals surface area contributed by atoms with Gasteiger partial charge in [0.2, 0.25) is 11.8 Å². The van der Waals surface area contributed by atoms with E-state index in [1.165, 1.54) is 28.4 Å². The first-order valence-corrected chi connectivity index (χ1v) is 17.8. The largest absolute Gasteiger partial charge is 0.508 e. The standard InChI is InChI=1S/C36H31N3O8S2/c1-2-46-35(44)17-6-10-20(11-7-17)39-33(42)28-23-15-24(29(28)34(39)43)30-27(23)26(31-32(48-30)38-36(45)49-31)18-4-3-5-22(14-18)47-16-25(41)37-19-8-12-21(40)13-9-19/h3-14,23-24,26-30,40H,2,15-16H2,1H3,(H,37,41)(H,38,45)/t23-,24-,26+,27-,28+,29+,30-/m1/s1. The van der Waals surface area contributed by atoms with E-state index in [-0.39, 0.29) is 70.5 Å². The second-order valence-electron chi connectivity index (χ2n) is 12.7. The van der Waals surface area contributed by atoms with Crippen molar-refractivity contribution in [2.24, 2.45) is 29.6 Å². The molecule has 0 radical (unpaired) electrons. The van der Waals surface area contributed by atoms with Crippen molar-refractivity contribution in [2.45, 2.75) is 29.5 Å². The number of hydrogen-bond donors (Lipinski definition) is 3. The Kier molecular flexibility index (Phi) is 7.83. The van der Waals surface area contributed by atoms with Gasteiger partial charge in [-0.2, -0.15) is 0 Å². The van der Waals surface area contributed by atoms with E-state index in [2.05, 4.69) is 10.3 Å². The number of esters is 1. The van der Waals surface area contributed by atoms with Gasteiger partial charge >= 0.3 is 10.8 Å². The van der Waals surface area contributed by atoms with Crippen LogP contribution in [0.25, 0.3) is 0 Å². The number of carbonyl (C=O) groups excluding carboxylic acids is 4. The van der Waals surface area contributed by atoms with Crippen LogP contribution in [0.3, 0.4) is 0 Å². The molecule has 0 unspecified atom stereocenters. The number of phenolic OH excluding ortho intramolecular Hbond substituents is 1. The predicted octanol–water partition coefficient (Wildman–Crippen LogP) is 5.01. The number of nitrogens with zero attached hydrogens (tertiary/aromatic N) is 1. The molecule has 3 fully saturated rings.